The van der Waals surface area contributed by atoms with Crippen LogP contribution < -0.4 is 5.32 Å². The number of rotatable bonds is 4. The summed E-state index contributed by atoms with van der Waals surface area (Å²) in [5.74, 6) is 0.391. The monoisotopic (exact) mass is 256 g/mol. The molecule has 1 aromatic carbocycles. The minimum atomic E-state index is -0.266. The number of aromatic amines is 1. The number of nitrogens with zero attached hydrogens (tertiary/aromatic N) is 2. The molecule has 0 saturated carbocycles. The molecule has 0 bridgehead atoms. The van der Waals surface area contributed by atoms with Gasteiger partial charge in [-0.3, -0.25) is 4.98 Å². The van der Waals surface area contributed by atoms with E-state index in [0.717, 1.165) is 24.0 Å². The van der Waals surface area contributed by atoms with Crippen molar-refractivity contribution in [3.63, 3.8) is 0 Å². The fourth-order valence-corrected chi connectivity index (χ4v) is 1.94. The Kier molecular flexibility index (Phi) is 3.10. The Hall–Kier alpha value is -2.43. The Bertz CT molecular complexity index is 678. The summed E-state index contributed by atoms with van der Waals surface area (Å²) in [7, 11) is 0. The number of anilines is 1. The fourth-order valence-electron chi connectivity index (χ4n) is 1.94. The van der Waals surface area contributed by atoms with E-state index in [1.165, 1.54) is 12.1 Å². The van der Waals surface area contributed by atoms with Crippen LogP contribution in [0.1, 0.15) is 5.56 Å². The minimum absolute atomic E-state index is 0.266. The maximum atomic E-state index is 13.0. The maximum absolute atomic E-state index is 13.0. The summed E-state index contributed by atoms with van der Waals surface area (Å²) in [6.07, 6.45) is 4.46. The Labute approximate surface area is 109 Å². The zero-order valence-corrected chi connectivity index (χ0v) is 10.2. The predicted octanol–water partition coefficient (Wildman–Crippen LogP) is 2.75. The molecule has 0 amide bonds. The van der Waals surface area contributed by atoms with Crippen LogP contribution in [-0.4, -0.2) is 21.5 Å². The summed E-state index contributed by atoms with van der Waals surface area (Å²) in [4.78, 5) is 11.4. The van der Waals surface area contributed by atoms with Crippen LogP contribution in [-0.2, 0) is 6.42 Å². The first-order chi connectivity index (χ1) is 9.31. The molecule has 96 valence electrons. The normalized spacial score (nSPS) is 10.8. The molecule has 0 unspecified atom stereocenters. The van der Waals surface area contributed by atoms with Crippen LogP contribution in [0.3, 0.4) is 0 Å². The van der Waals surface area contributed by atoms with Gasteiger partial charge < -0.3 is 10.3 Å². The number of halogens is 1. The Balaban J connectivity index is 1.65. The fraction of sp³-hybridized carbons (Fsp3) is 0.143. The smallest absolute Gasteiger partial charge is 0.201 e. The summed E-state index contributed by atoms with van der Waals surface area (Å²) in [6.45, 7) is 0.744. The Morgan fingerprint density at radius 3 is 3.05 bits per heavy atom. The summed E-state index contributed by atoms with van der Waals surface area (Å²) < 4.78 is 13.0. The van der Waals surface area contributed by atoms with Crippen molar-refractivity contribution in [1.82, 2.24) is 15.0 Å². The van der Waals surface area contributed by atoms with Crippen molar-refractivity contribution in [3.8, 4) is 0 Å². The molecule has 4 nitrogen and oxygen atoms in total. The lowest BCUT2D eigenvalue weighted by atomic mass is 10.2. The molecule has 0 aliphatic rings. The average molecular weight is 256 g/mol. The lowest BCUT2D eigenvalue weighted by Crippen LogP contribution is -2.06. The Morgan fingerprint density at radius 2 is 2.21 bits per heavy atom. The molecule has 3 aromatic rings. The molecule has 0 aliphatic carbocycles. The number of H-pyrrole nitrogens is 1. The zero-order valence-electron chi connectivity index (χ0n) is 10.2. The first kappa shape index (κ1) is 11.6. The van der Waals surface area contributed by atoms with E-state index >= 15 is 0 Å². The molecule has 19 heavy (non-hydrogen) atoms. The molecular weight excluding hydrogens is 243 g/mol. The highest BCUT2D eigenvalue weighted by Crippen LogP contribution is 2.15. The minimum Gasteiger partial charge on any atom is -0.355 e. The van der Waals surface area contributed by atoms with Gasteiger partial charge in [-0.25, -0.2) is 9.37 Å². The number of hydrogen-bond donors (Lipinski definition) is 2. The molecule has 5 heteroatoms. The van der Waals surface area contributed by atoms with Gasteiger partial charge in [-0.05, 0) is 36.2 Å². The Morgan fingerprint density at radius 1 is 1.26 bits per heavy atom. The number of pyridine rings is 1. The molecule has 2 heterocycles. The van der Waals surface area contributed by atoms with Crippen molar-refractivity contribution < 1.29 is 4.39 Å². The number of fused-ring (bicyclic) bond motifs is 1. The molecule has 0 fully saturated rings. The second kappa shape index (κ2) is 5.06. The lowest BCUT2D eigenvalue weighted by molar-refractivity contribution is 0.629. The number of imidazole rings is 1. The van der Waals surface area contributed by atoms with Crippen molar-refractivity contribution in [2.75, 3.05) is 11.9 Å². The summed E-state index contributed by atoms with van der Waals surface area (Å²) in [5.41, 5.74) is 2.62. The molecule has 3 rings (SSSR count). The van der Waals surface area contributed by atoms with Crippen LogP contribution in [0, 0.1) is 5.82 Å². The van der Waals surface area contributed by atoms with E-state index in [2.05, 4.69) is 20.3 Å². The molecule has 0 saturated heterocycles. The SMILES string of the molecule is Fc1ccc2nc(NCCc3cccnc3)[nH]c2c1. The first-order valence-corrected chi connectivity index (χ1v) is 6.09. The van der Waals surface area contributed by atoms with Gasteiger partial charge in [0.2, 0.25) is 5.95 Å². The van der Waals surface area contributed by atoms with Gasteiger partial charge >= 0.3 is 0 Å². The van der Waals surface area contributed by atoms with Gasteiger partial charge in [0, 0.05) is 18.9 Å². The predicted molar refractivity (Wildman–Crippen MR) is 72.5 cm³/mol. The molecular formula is C14H13FN4. The molecule has 0 aliphatic heterocycles. The van der Waals surface area contributed by atoms with Gasteiger partial charge in [-0.1, -0.05) is 6.07 Å². The number of benzene rings is 1. The second-order valence-corrected chi connectivity index (χ2v) is 4.28. The van der Waals surface area contributed by atoms with E-state index < -0.39 is 0 Å². The van der Waals surface area contributed by atoms with Gasteiger partial charge in [-0.15, -0.1) is 0 Å². The molecule has 0 radical (unpaired) electrons. The highest BCUT2D eigenvalue weighted by molar-refractivity contribution is 5.77. The van der Waals surface area contributed by atoms with Crippen molar-refractivity contribution in [3.05, 3.63) is 54.1 Å². The second-order valence-electron chi connectivity index (χ2n) is 4.28. The van der Waals surface area contributed by atoms with Crippen molar-refractivity contribution in [2.24, 2.45) is 0 Å². The van der Waals surface area contributed by atoms with Gasteiger partial charge in [0.05, 0.1) is 11.0 Å². The number of nitrogens with one attached hydrogen (secondary N) is 2. The van der Waals surface area contributed by atoms with E-state index in [1.807, 2.05) is 18.3 Å². The van der Waals surface area contributed by atoms with Crippen LogP contribution in [0.5, 0.6) is 0 Å². The third-order valence-electron chi connectivity index (χ3n) is 2.87. The quantitative estimate of drug-likeness (QED) is 0.754. The van der Waals surface area contributed by atoms with Crippen LogP contribution >= 0.6 is 0 Å². The topological polar surface area (TPSA) is 53.6 Å². The summed E-state index contributed by atoms with van der Waals surface area (Å²) in [6, 6.07) is 8.45. The number of aromatic nitrogens is 3. The van der Waals surface area contributed by atoms with Crippen LogP contribution in [0.25, 0.3) is 11.0 Å². The van der Waals surface area contributed by atoms with Gasteiger partial charge in [-0.2, -0.15) is 0 Å². The van der Waals surface area contributed by atoms with Crippen LogP contribution in [0.4, 0.5) is 10.3 Å². The van der Waals surface area contributed by atoms with Crippen molar-refractivity contribution >= 4 is 17.0 Å². The standard InChI is InChI=1S/C14H13FN4/c15-11-3-4-12-13(8-11)19-14(18-12)17-7-5-10-2-1-6-16-9-10/h1-4,6,8-9H,5,7H2,(H2,17,18,19). The van der Waals surface area contributed by atoms with E-state index in [4.69, 9.17) is 0 Å². The summed E-state index contributed by atoms with van der Waals surface area (Å²) >= 11 is 0. The molecule has 2 N–H and O–H groups in total. The van der Waals surface area contributed by atoms with Crippen molar-refractivity contribution in [2.45, 2.75) is 6.42 Å². The van der Waals surface area contributed by atoms with Gasteiger partial charge in [0.25, 0.3) is 0 Å². The third-order valence-corrected chi connectivity index (χ3v) is 2.87. The summed E-state index contributed by atoms with van der Waals surface area (Å²) in [5, 5.41) is 3.19. The van der Waals surface area contributed by atoms with E-state index in [0.29, 0.717) is 11.5 Å². The highest BCUT2D eigenvalue weighted by atomic mass is 19.1. The lowest BCUT2D eigenvalue weighted by Gasteiger charge is -2.02. The van der Waals surface area contributed by atoms with Gasteiger partial charge in [0.15, 0.2) is 0 Å². The third kappa shape index (κ3) is 2.70. The van der Waals surface area contributed by atoms with E-state index in [1.54, 1.807) is 12.3 Å². The van der Waals surface area contributed by atoms with E-state index in [-0.39, 0.29) is 5.82 Å². The van der Waals surface area contributed by atoms with Crippen LogP contribution in [0.15, 0.2) is 42.7 Å². The molecule has 0 spiro atoms. The largest absolute Gasteiger partial charge is 0.355 e. The van der Waals surface area contributed by atoms with Crippen LogP contribution in [0.2, 0.25) is 0 Å². The zero-order chi connectivity index (χ0) is 13.1. The molecule has 2 aromatic heterocycles. The van der Waals surface area contributed by atoms with Gasteiger partial charge in [0.1, 0.15) is 5.82 Å². The maximum Gasteiger partial charge on any atom is 0.201 e. The van der Waals surface area contributed by atoms with Crippen molar-refractivity contribution in [1.29, 1.82) is 0 Å². The number of hydrogen-bond acceptors (Lipinski definition) is 3. The molecule has 0 atom stereocenters. The average Bonchev–Trinajstić information content (AvgIpc) is 2.82. The highest BCUT2D eigenvalue weighted by Gasteiger charge is 2.03. The van der Waals surface area contributed by atoms with E-state index in [9.17, 15) is 4.39 Å². The first-order valence-electron chi connectivity index (χ1n) is 6.09.